The van der Waals surface area contributed by atoms with Crippen LogP contribution < -0.4 is 0 Å². The first-order valence-electron chi connectivity index (χ1n) is 7.75. The molecule has 3 atom stereocenters. The Morgan fingerprint density at radius 1 is 0.875 bits per heavy atom. The van der Waals surface area contributed by atoms with Crippen LogP contribution >= 0.6 is 0 Å². The van der Waals surface area contributed by atoms with Gasteiger partial charge in [0, 0.05) is 0 Å². The van der Waals surface area contributed by atoms with Crippen molar-refractivity contribution >= 4 is 0 Å². The Balaban J connectivity index is 1.60. The van der Waals surface area contributed by atoms with Gasteiger partial charge in [0.25, 0.3) is 0 Å². The van der Waals surface area contributed by atoms with Crippen LogP contribution in [0, 0.1) is 23.7 Å². The average molecular weight is 222 g/mol. The fourth-order valence-corrected chi connectivity index (χ4v) is 4.22. The lowest BCUT2D eigenvalue weighted by Crippen LogP contribution is -2.08. The van der Waals surface area contributed by atoms with Crippen LogP contribution in [0.4, 0.5) is 0 Å². The van der Waals surface area contributed by atoms with Crippen molar-refractivity contribution in [2.75, 3.05) is 0 Å². The van der Waals surface area contributed by atoms with Crippen molar-refractivity contribution in [3.63, 3.8) is 0 Å². The molecule has 0 saturated heterocycles. The zero-order chi connectivity index (χ0) is 11.4. The predicted octanol–water partition coefficient (Wildman–Crippen LogP) is 5.42. The minimum absolute atomic E-state index is 1.01. The summed E-state index contributed by atoms with van der Waals surface area (Å²) in [6, 6.07) is 0. The number of hydrogen-bond acceptors (Lipinski definition) is 0. The quantitative estimate of drug-likeness (QED) is 0.596. The van der Waals surface area contributed by atoms with E-state index in [0.29, 0.717) is 0 Å². The summed E-state index contributed by atoms with van der Waals surface area (Å²) in [6.45, 7) is 4.92. The van der Waals surface area contributed by atoms with Crippen LogP contribution in [0.2, 0.25) is 0 Å². The lowest BCUT2D eigenvalue weighted by atomic mass is 9.84. The van der Waals surface area contributed by atoms with Gasteiger partial charge in [-0.05, 0) is 36.5 Å². The van der Waals surface area contributed by atoms with E-state index in [4.69, 9.17) is 0 Å². The van der Waals surface area contributed by atoms with Crippen LogP contribution in [-0.2, 0) is 0 Å². The molecular formula is C16H30. The van der Waals surface area contributed by atoms with Crippen molar-refractivity contribution in [1.82, 2.24) is 0 Å². The van der Waals surface area contributed by atoms with Gasteiger partial charge in [0.2, 0.25) is 0 Å². The minimum atomic E-state index is 1.01. The molecule has 2 aliphatic rings. The van der Waals surface area contributed by atoms with E-state index >= 15 is 0 Å². The van der Waals surface area contributed by atoms with Crippen LogP contribution in [0.25, 0.3) is 0 Å². The molecule has 0 N–H and O–H groups in total. The van der Waals surface area contributed by atoms with Gasteiger partial charge in [-0.25, -0.2) is 0 Å². The molecule has 0 bridgehead atoms. The van der Waals surface area contributed by atoms with Crippen LogP contribution in [0.5, 0.6) is 0 Å². The van der Waals surface area contributed by atoms with Crippen molar-refractivity contribution in [2.24, 2.45) is 23.7 Å². The van der Waals surface area contributed by atoms with Crippen LogP contribution in [0.1, 0.15) is 78.1 Å². The normalized spacial score (nSPS) is 36.8. The molecule has 0 aromatic carbocycles. The molecule has 0 spiro atoms. The monoisotopic (exact) mass is 222 g/mol. The van der Waals surface area contributed by atoms with Crippen molar-refractivity contribution in [1.29, 1.82) is 0 Å². The van der Waals surface area contributed by atoms with E-state index in [0.717, 1.165) is 23.7 Å². The summed E-state index contributed by atoms with van der Waals surface area (Å²) < 4.78 is 0. The molecule has 2 aliphatic carbocycles. The topological polar surface area (TPSA) is 0 Å². The van der Waals surface area contributed by atoms with Gasteiger partial charge in [0.1, 0.15) is 0 Å². The molecule has 0 aliphatic heterocycles. The molecule has 3 unspecified atom stereocenters. The van der Waals surface area contributed by atoms with Gasteiger partial charge >= 0.3 is 0 Å². The number of hydrogen-bond donors (Lipinski definition) is 0. The zero-order valence-electron chi connectivity index (χ0n) is 11.4. The van der Waals surface area contributed by atoms with E-state index in [2.05, 4.69) is 13.8 Å². The predicted molar refractivity (Wildman–Crippen MR) is 71.5 cm³/mol. The molecule has 0 heteroatoms. The summed E-state index contributed by atoms with van der Waals surface area (Å²) in [5.74, 6) is 4.19. The summed E-state index contributed by atoms with van der Waals surface area (Å²) in [4.78, 5) is 0. The standard InChI is InChI=1S/C16H30/c1-13-11-14(2)16(12-13)10-6-9-15-7-4-3-5-8-15/h13-16H,3-12H2,1-2H3. The highest BCUT2D eigenvalue weighted by molar-refractivity contribution is 4.79. The third-order valence-corrected chi connectivity index (χ3v) is 5.20. The van der Waals surface area contributed by atoms with Gasteiger partial charge in [-0.3, -0.25) is 0 Å². The second-order valence-electron chi connectivity index (χ2n) is 6.75. The average Bonchev–Trinajstić information content (AvgIpc) is 2.59. The second-order valence-corrected chi connectivity index (χ2v) is 6.75. The lowest BCUT2D eigenvalue weighted by Gasteiger charge is -2.22. The Kier molecular flexibility index (Phi) is 4.73. The van der Waals surface area contributed by atoms with Crippen LogP contribution in [0.3, 0.4) is 0 Å². The van der Waals surface area contributed by atoms with E-state index in [1.54, 1.807) is 0 Å². The minimum Gasteiger partial charge on any atom is -0.0625 e. The Morgan fingerprint density at radius 2 is 1.62 bits per heavy atom. The molecule has 2 rings (SSSR count). The SMILES string of the molecule is CC1CC(C)C(CCCC2CCCCC2)C1. The van der Waals surface area contributed by atoms with E-state index in [1.807, 2.05) is 0 Å². The Morgan fingerprint density at radius 3 is 2.25 bits per heavy atom. The third kappa shape index (κ3) is 3.50. The van der Waals surface area contributed by atoms with Crippen molar-refractivity contribution in [3.8, 4) is 0 Å². The van der Waals surface area contributed by atoms with E-state index < -0.39 is 0 Å². The maximum Gasteiger partial charge on any atom is -0.0386 e. The molecule has 2 saturated carbocycles. The summed E-state index contributed by atoms with van der Waals surface area (Å²) in [5, 5.41) is 0. The molecule has 0 nitrogen and oxygen atoms in total. The Labute approximate surface area is 102 Å². The highest BCUT2D eigenvalue weighted by Crippen LogP contribution is 2.39. The van der Waals surface area contributed by atoms with Crippen molar-refractivity contribution in [3.05, 3.63) is 0 Å². The highest BCUT2D eigenvalue weighted by Gasteiger charge is 2.28. The fourth-order valence-electron chi connectivity index (χ4n) is 4.22. The number of rotatable bonds is 4. The van der Waals surface area contributed by atoms with Crippen molar-refractivity contribution < 1.29 is 0 Å². The van der Waals surface area contributed by atoms with Gasteiger partial charge in [-0.15, -0.1) is 0 Å². The summed E-state index contributed by atoms with van der Waals surface area (Å²) in [6.07, 6.45) is 15.2. The first-order valence-corrected chi connectivity index (χ1v) is 7.75. The first kappa shape index (κ1) is 12.5. The molecule has 94 valence electrons. The van der Waals surface area contributed by atoms with Gasteiger partial charge in [-0.2, -0.15) is 0 Å². The van der Waals surface area contributed by atoms with Crippen LogP contribution in [0.15, 0.2) is 0 Å². The van der Waals surface area contributed by atoms with E-state index in [9.17, 15) is 0 Å². The van der Waals surface area contributed by atoms with Crippen LogP contribution in [-0.4, -0.2) is 0 Å². The molecule has 0 aromatic rings. The van der Waals surface area contributed by atoms with Gasteiger partial charge < -0.3 is 0 Å². The smallest absolute Gasteiger partial charge is 0.0386 e. The third-order valence-electron chi connectivity index (χ3n) is 5.20. The first-order chi connectivity index (χ1) is 7.75. The molecule has 16 heavy (non-hydrogen) atoms. The molecule has 0 heterocycles. The Hall–Kier alpha value is 0. The zero-order valence-corrected chi connectivity index (χ0v) is 11.4. The highest BCUT2D eigenvalue weighted by atomic mass is 14.3. The summed E-state index contributed by atoms with van der Waals surface area (Å²) in [7, 11) is 0. The summed E-state index contributed by atoms with van der Waals surface area (Å²) in [5.41, 5.74) is 0. The lowest BCUT2D eigenvalue weighted by molar-refractivity contribution is 0.304. The van der Waals surface area contributed by atoms with E-state index in [1.165, 1.54) is 64.2 Å². The summed E-state index contributed by atoms with van der Waals surface area (Å²) >= 11 is 0. The van der Waals surface area contributed by atoms with E-state index in [-0.39, 0.29) is 0 Å². The van der Waals surface area contributed by atoms with Gasteiger partial charge in [0.15, 0.2) is 0 Å². The molecular weight excluding hydrogens is 192 g/mol. The largest absolute Gasteiger partial charge is 0.0625 e. The molecule has 0 amide bonds. The Bertz CT molecular complexity index is 190. The maximum absolute atomic E-state index is 2.48. The second kappa shape index (κ2) is 6.07. The van der Waals surface area contributed by atoms with Crippen molar-refractivity contribution in [2.45, 2.75) is 78.1 Å². The van der Waals surface area contributed by atoms with Gasteiger partial charge in [0.05, 0.1) is 0 Å². The fraction of sp³-hybridized carbons (Fsp3) is 1.00. The molecule has 2 fully saturated rings. The van der Waals surface area contributed by atoms with Gasteiger partial charge in [-0.1, -0.05) is 65.2 Å². The molecule has 0 radical (unpaired) electrons. The molecule has 0 aromatic heterocycles. The maximum atomic E-state index is 2.48.